The summed E-state index contributed by atoms with van der Waals surface area (Å²) in [6, 6.07) is 58.6. The summed E-state index contributed by atoms with van der Waals surface area (Å²) >= 11 is 0. The molecule has 0 saturated heterocycles. The summed E-state index contributed by atoms with van der Waals surface area (Å²) in [7, 11) is 0. The van der Waals surface area contributed by atoms with Gasteiger partial charge in [0.05, 0.1) is 39.4 Å². The molecule has 0 radical (unpaired) electrons. The lowest BCUT2D eigenvalue weighted by atomic mass is 10.1. The number of nitrogens with zero attached hydrogens (tertiary/aromatic N) is 6. The van der Waals surface area contributed by atoms with E-state index in [9.17, 15) is 0 Å². The van der Waals surface area contributed by atoms with Crippen LogP contribution in [0.3, 0.4) is 0 Å². The van der Waals surface area contributed by atoms with E-state index in [4.69, 9.17) is 4.98 Å². The molecule has 0 saturated carbocycles. The molecule has 0 spiro atoms. The number of hydrogen-bond acceptors (Lipinski definition) is 2. The highest BCUT2D eigenvalue weighted by Crippen LogP contribution is 2.40. The van der Waals surface area contributed by atoms with Crippen LogP contribution in [0.5, 0.6) is 0 Å². The molecule has 0 atom stereocenters. The zero-order valence-corrected chi connectivity index (χ0v) is 28.0. The first kappa shape index (κ1) is 28.6. The lowest BCUT2D eigenvalue weighted by Gasteiger charge is -2.12. The van der Waals surface area contributed by atoms with Gasteiger partial charge in [-0.15, -0.1) is 0 Å². The quantitative estimate of drug-likeness (QED) is 0.184. The average Bonchev–Trinajstić information content (AvgIpc) is 4.01. The molecule has 6 heteroatoms. The number of hydrogen-bond donors (Lipinski definition) is 0. The van der Waals surface area contributed by atoms with E-state index in [1.54, 1.807) is 6.20 Å². The molecule has 52 heavy (non-hydrogen) atoms. The first-order valence-electron chi connectivity index (χ1n) is 17.5. The summed E-state index contributed by atoms with van der Waals surface area (Å²) in [5.41, 5.74) is 12.2. The van der Waals surface area contributed by atoms with E-state index in [2.05, 4.69) is 176 Å². The molecule has 0 aliphatic heterocycles. The first-order chi connectivity index (χ1) is 25.8. The molecule has 244 valence electrons. The minimum Gasteiger partial charge on any atom is -0.309 e. The fraction of sp³-hybridized carbons (Fsp3) is 0. The van der Waals surface area contributed by atoms with E-state index in [1.807, 2.05) is 23.2 Å². The Labute approximate surface area is 298 Å². The molecule has 0 bridgehead atoms. The number of fused-ring (bicyclic) bond motifs is 7. The topological polar surface area (TPSA) is 45.5 Å². The Bertz CT molecular complexity index is 3090. The number of aromatic nitrogens is 6. The van der Waals surface area contributed by atoms with Crippen molar-refractivity contribution in [2.75, 3.05) is 0 Å². The monoisotopic (exact) mass is 666 g/mol. The standard InChI is InChI=1S/C46H30N6/c1-2-10-33(11-3-1)52-43-17-9-6-14-40(43)48-46(52)31-18-20-34(21-19-31)50-41-15-7-4-12-36(41)38-29-45-39(28-44(38)50)37-13-5-8-16-42(37)51(45)35-24-22-32(23-25-35)49-27-26-47-30-49/h1-30H. The smallest absolute Gasteiger partial charge is 0.145 e. The second-order valence-electron chi connectivity index (χ2n) is 13.2. The highest BCUT2D eigenvalue weighted by Gasteiger charge is 2.19. The summed E-state index contributed by atoms with van der Waals surface area (Å²) in [5, 5.41) is 4.89. The summed E-state index contributed by atoms with van der Waals surface area (Å²) in [5.74, 6) is 0.925. The van der Waals surface area contributed by atoms with Crippen molar-refractivity contribution in [1.29, 1.82) is 0 Å². The Morgan fingerprint density at radius 3 is 1.52 bits per heavy atom. The zero-order chi connectivity index (χ0) is 34.2. The normalized spacial score (nSPS) is 11.8. The highest BCUT2D eigenvalue weighted by atomic mass is 15.1. The van der Waals surface area contributed by atoms with E-state index in [-0.39, 0.29) is 0 Å². The van der Waals surface area contributed by atoms with Crippen LogP contribution in [-0.4, -0.2) is 28.2 Å². The predicted octanol–water partition coefficient (Wildman–Crippen LogP) is 11.1. The van der Waals surface area contributed by atoms with Gasteiger partial charge in [0.25, 0.3) is 0 Å². The van der Waals surface area contributed by atoms with E-state index < -0.39 is 0 Å². The van der Waals surface area contributed by atoms with Crippen LogP contribution in [0.25, 0.3) is 88.8 Å². The van der Waals surface area contributed by atoms with Crippen LogP contribution in [0.2, 0.25) is 0 Å². The molecule has 6 nitrogen and oxygen atoms in total. The van der Waals surface area contributed by atoms with Crippen molar-refractivity contribution in [2.45, 2.75) is 0 Å². The van der Waals surface area contributed by atoms with Crippen molar-refractivity contribution in [3.05, 3.63) is 183 Å². The average molecular weight is 667 g/mol. The molecule has 0 unspecified atom stereocenters. The summed E-state index contributed by atoms with van der Waals surface area (Å²) in [4.78, 5) is 9.33. The van der Waals surface area contributed by atoms with Crippen LogP contribution in [0.4, 0.5) is 0 Å². The third-order valence-corrected chi connectivity index (χ3v) is 10.3. The summed E-state index contributed by atoms with van der Waals surface area (Å²) < 4.78 is 9.07. The molecule has 0 aliphatic carbocycles. The van der Waals surface area contributed by atoms with E-state index >= 15 is 0 Å². The molecule has 4 aromatic heterocycles. The molecule has 11 rings (SSSR count). The Hall–Kier alpha value is -7.18. The van der Waals surface area contributed by atoms with E-state index in [0.717, 1.165) is 45.2 Å². The van der Waals surface area contributed by atoms with Crippen molar-refractivity contribution in [2.24, 2.45) is 0 Å². The van der Waals surface area contributed by atoms with Crippen molar-refractivity contribution >= 4 is 54.6 Å². The Kier molecular flexibility index (Phi) is 6.15. The van der Waals surface area contributed by atoms with Crippen LogP contribution in [0, 0.1) is 0 Å². The molecule has 0 N–H and O–H groups in total. The zero-order valence-electron chi connectivity index (χ0n) is 28.0. The number of para-hydroxylation sites is 5. The van der Waals surface area contributed by atoms with Crippen LogP contribution in [-0.2, 0) is 0 Å². The van der Waals surface area contributed by atoms with Gasteiger partial charge in [-0.05, 0) is 97.1 Å². The van der Waals surface area contributed by atoms with Crippen LogP contribution in [0.15, 0.2) is 183 Å². The predicted molar refractivity (Wildman–Crippen MR) is 212 cm³/mol. The maximum atomic E-state index is 5.11. The minimum atomic E-state index is 0.925. The summed E-state index contributed by atoms with van der Waals surface area (Å²) in [6.45, 7) is 0. The summed E-state index contributed by atoms with van der Waals surface area (Å²) in [6.07, 6.45) is 5.60. The molecule has 0 aliphatic rings. The molecule has 0 fully saturated rings. The van der Waals surface area contributed by atoms with Crippen molar-refractivity contribution < 1.29 is 0 Å². The highest BCUT2D eigenvalue weighted by molar-refractivity contribution is 6.19. The number of imidazole rings is 2. The molecule has 7 aromatic carbocycles. The van der Waals surface area contributed by atoms with Crippen LogP contribution < -0.4 is 0 Å². The molecule has 11 aromatic rings. The number of rotatable bonds is 5. The van der Waals surface area contributed by atoms with Gasteiger partial charge in [0.1, 0.15) is 5.82 Å². The third-order valence-electron chi connectivity index (χ3n) is 10.3. The van der Waals surface area contributed by atoms with Gasteiger partial charge in [0.15, 0.2) is 0 Å². The van der Waals surface area contributed by atoms with Gasteiger partial charge in [-0.2, -0.15) is 0 Å². The fourth-order valence-electron chi connectivity index (χ4n) is 7.99. The van der Waals surface area contributed by atoms with Gasteiger partial charge in [-0.3, -0.25) is 4.57 Å². The van der Waals surface area contributed by atoms with Gasteiger partial charge in [0, 0.05) is 62.3 Å². The lowest BCUT2D eigenvalue weighted by Crippen LogP contribution is -1.98. The second-order valence-corrected chi connectivity index (χ2v) is 13.2. The molecule has 4 heterocycles. The first-order valence-corrected chi connectivity index (χ1v) is 17.5. The Morgan fingerprint density at radius 1 is 0.385 bits per heavy atom. The van der Waals surface area contributed by atoms with Crippen molar-refractivity contribution in [3.63, 3.8) is 0 Å². The van der Waals surface area contributed by atoms with Crippen LogP contribution in [0.1, 0.15) is 0 Å². The van der Waals surface area contributed by atoms with Crippen molar-refractivity contribution in [3.8, 4) is 34.1 Å². The van der Waals surface area contributed by atoms with Gasteiger partial charge in [-0.25, -0.2) is 9.97 Å². The Balaban J connectivity index is 1.10. The third kappa shape index (κ3) is 4.25. The van der Waals surface area contributed by atoms with E-state index in [0.29, 0.717) is 0 Å². The van der Waals surface area contributed by atoms with E-state index in [1.165, 1.54) is 43.6 Å². The molecular weight excluding hydrogens is 637 g/mol. The number of benzene rings is 7. The van der Waals surface area contributed by atoms with Gasteiger partial charge in [-0.1, -0.05) is 66.7 Å². The van der Waals surface area contributed by atoms with Gasteiger partial charge in [0.2, 0.25) is 0 Å². The lowest BCUT2D eigenvalue weighted by molar-refractivity contribution is 1.05. The molecular formula is C46H30N6. The fourth-order valence-corrected chi connectivity index (χ4v) is 7.99. The van der Waals surface area contributed by atoms with Crippen molar-refractivity contribution in [1.82, 2.24) is 28.2 Å². The SMILES string of the molecule is c1ccc(-n2c(-c3ccc(-n4c5ccccc5c5cc6c(cc54)c4ccccc4n6-c4ccc(-n5ccnc5)cc4)cc3)nc3ccccc32)cc1. The van der Waals surface area contributed by atoms with Gasteiger partial charge < -0.3 is 13.7 Å². The van der Waals surface area contributed by atoms with Gasteiger partial charge >= 0.3 is 0 Å². The maximum absolute atomic E-state index is 5.11. The second kappa shape index (κ2) is 11.2. The minimum absolute atomic E-state index is 0.925. The van der Waals surface area contributed by atoms with Crippen LogP contribution >= 0.6 is 0 Å². The largest absolute Gasteiger partial charge is 0.309 e. The Morgan fingerprint density at radius 2 is 0.904 bits per heavy atom. The maximum Gasteiger partial charge on any atom is 0.145 e. The molecule has 0 amide bonds.